The molecule has 1 aliphatic rings. The molecule has 2 aromatic heterocycles. The fourth-order valence-electron chi connectivity index (χ4n) is 3.08. The largest absolute Gasteiger partial charge is 0.348 e. The maximum absolute atomic E-state index is 12.5. The number of nitrogens with one attached hydrogen (secondary N) is 1. The van der Waals surface area contributed by atoms with Crippen LogP contribution in [0.5, 0.6) is 0 Å². The van der Waals surface area contributed by atoms with E-state index in [1.807, 2.05) is 18.2 Å². The molecule has 0 aliphatic heterocycles. The number of carbonyl (C=O) groups excluding carboxylic acids is 2. The Morgan fingerprint density at radius 2 is 2.08 bits per heavy atom. The second kappa shape index (κ2) is 6.29. The molecule has 7 heteroatoms. The minimum absolute atomic E-state index is 0.0795. The first-order chi connectivity index (χ1) is 12.1. The lowest BCUT2D eigenvalue weighted by Gasteiger charge is -2.15. The van der Waals surface area contributed by atoms with Crippen LogP contribution in [-0.2, 0) is 13.0 Å². The number of nitrogens with zero attached hydrogens (tertiary/aromatic N) is 3. The van der Waals surface area contributed by atoms with Gasteiger partial charge in [-0.15, -0.1) is 0 Å². The van der Waals surface area contributed by atoms with E-state index in [0.717, 1.165) is 24.1 Å². The van der Waals surface area contributed by atoms with Gasteiger partial charge < -0.3 is 5.32 Å². The van der Waals surface area contributed by atoms with E-state index < -0.39 is 0 Å². The predicted octanol–water partition coefficient (Wildman–Crippen LogP) is 2.83. The molecule has 0 bridgehead atoms. The molecule has 3 aromatic rings. The van der Waals surface area contributed by atoms with Crippen LogP contribution in [0.15, 0.2) is 36.7 Å². The molecular formula is C18H15ClN4O2. The molecule has 126 valence electrons. The highest BCUT2D eigenvalue weighted by molar-refractivity contribution is 6.31. The summed E-state index contributed by atoms with van der Waals surface area (Å²) in [4.78, 5) is 28.8. The average molecular weight is 355 g/mol. The molecule has 0 spiro atoms. The van der Waals surface area contributed by atoms with Crippen molar-refractivity contribution in [3.05, 3.63) is 64.1 Å². The Labute approximate surface area is 148 Å². The van der Waals surface area contributed by atoms with Crippen LogP contribution in [0, 0.1) is 0 Å². The normalized spacial score (nSPS) is 13.7. The second-order valence-corrected chi connectivity index (χ2v) is 6.37. The molecule has 0 saturated heterocycles. The Balaban J connectivity index is 1.62. The van der Waals surface area contributed by atoms with Gasteiger partial charge in [0, 0.05) is 24.2 Å². The van der Waals surface area contributed by atoms with Gasteiger partial charge in [0.15, 0.2) is 11.4 Å². The van der Waals surface area contributed by atoms with Crippen molar-refractivity contribution in [1.29, 1.82) is 0 Å². The van der Waals surface area contributed by atoms with Crippen LogP contribution >= 0.6 is 11.6 Å². The van der Waals surface area contributed by atoms with Gasteiger partial charge in [0.05, 0.1) is 17.5 Å². The van der Waals surface area contributed by atoms with Crippen LogP contribution < -0.4 is 5.32 Å². The van der Waals surface area contributed by atoms with E-state index in [2.05, 4.69) is 15.4 Å². The molecule has 0 atom stereocenters. The van der Waals surface area contributed by atoms with Crippen LogP contribution in [0.3, 0.4) is 0 Å². The number of aromatic nitrogens is 3. The van der Waals surface area contributed by atoms with Crippen LogP contribution in [0.25, 0.3) is 5.65 Å². The molecule has 0 radical (unpaired) electrons. The van der Waals surface area contributed by atoms with Gasteiger partial charge in [0.2, 0.25) is 0 Å². The molecule has 2 heterocycles. The molecule has 0 saturated carbocycles. The Bertz CT molecular complexity index is 996. The van der Waals surface area contributed by atoms with E-state index in [-0.39, 0.29) is 11.7 Å². The summed E-state index contributed by atoms with van der Waals surface area (Å²) in [5.74, 6) is -0.194. The highest BCUT2D eigenvalue weighted by Gasteiger charge is 2.23. The fourth-order valence-corrected chi connectivity index (χ4v) is 3.28. The number of carbonyl (C=O) groups is 2. The molecular weight excluding hydrogens is 340 g/mol. The topological polar surface area (TPSA) is 76.4 Å². The van der Waals surface area contributed by atoms with Crippen LogP contribution in [-0.4, -0.2) is 26.3 Å². The highest BCUT2D eigenvalue weighted by Crippen LogP contribution is 2.22. The summed E-state index contributed by atoms with van der Waals surface area (Å²) in [5.41, 5.74) is 3.11. The molecule has 1 aromatic carbocycles. The first-order valence-corrected chi connectivity index (χ1v) is 8.43. The van der Waals surface area contributed by atoms with Crippen LogP contribution in [0.2, 0.25) is 5.02 Å². The third kappa shape index (κ3) is 2.78. The maximum atomic E-state index is 12.5. The smallest absolute Gasteiger partial charge is 0.257 e. The average Bonchev–Trinajstić information content (AvgIpc) is 3.06. The summed E-state index contributed by atoms with van der Waals surface area (Å²) >= 11 is 6.11. The zero-order chi connectivity index (χ0) is 17.4. The fraction of sp³-hybridized carbons (Fsp3) is 0.222. The van der Waals surface area contributed by atoms with Gasteiger partial charge in [-0.05, 0) is 24.5 Å². The monoisotopic (exact) mass is 354 g/mol. The quantitative estimate of drug-likeness (QED) is 0.784. The summed E-state index contributed by atoms with van der Waals surface area (Å²) in [7, 11) is 0. The van der Waals surface area contributed by atoms with Gasteiger partial charge in [-0.3, -0.25) is 9.59 Å². The maximum Gasteiger partial charge on any atom is 0.257 e. The van der Waals surface area contributed by atoms with Crippen molar-refractivity contribution >= 4 is 28.9 Å². The van der Waals surface area contributed by atoms with Crippen molar-refractivity contribution in [2.24, 2.45) is 0 Å². The van der Waals surface area contributed by atoms with Gasteiger partial charge in [0.1, 0.15) is 5.56 Å². The number of amides is 1. The summed E-state index contributed by atoms with van der Waals surface area (Å²) in [6.45, 7) is 0.319. The Hall–Kier alpha value is -2.73. The van der Waals surface area contributed by atoms with Crippen molar-refractivity contribution < 1.29 is 9.59 Å². The molecule has 6 nitrogen and oxygen atoms in total. The lowest BCUT2D eigenvalue weighted by molar-refractivity contribution is 0.0950. The number of benzene rings is 1. The van der Waals surface area contributed by atoms with Gasteiger partial charge in [0.25, 0.3) is 5.91 Å². The number of aryl methyl sites for hydroxylation is 1. The zero-order valence-electron chi connectivity index (χ0n) is 13.3. The summed E-state index contributed by atoms with van der Waals surface area (Å²) in [6, 6.07) is 7.35. The molecule has 0 fully saturated rings. The van der Waals surface area contributed by atoms with Gasteiger partial charge in [-0.2, -0.15) is 5.10 Å². The third-order valence-electron chi connectivity index (χ3n) is 4.39. The molecule has 4 rings (SSSR count). The predicted molar refractivity (Wildman–Crippen MR) is 92.9 cm³/mol. The van der Waals surface area contributed by atoms with Crippen LogP contribution in [0.4, 0.5) is 0 Å². The molecule has 0 unspecified atom stereocenters. The first kappa shape index (κ1) is 15.8. The summed E-state index contributed by atoms with van der Waals surface area (Å²) in [5, 5.41) is 7.72. The van der Waals surface area contributed by atoms with Gasteiger partial charge >= 0.3 is 0 Å². The van der Waals surface area contributed by atoms with Crippen molar-refractivity contribution in [3.63, 3.8) is 0 Å². The minimum atomic E-state index is -0.274. The van der Waals surface area contributed by atoms with E-state index in [1.54, 1.807) is 16.8 Å². The number of fused-ring (bicyclic) bond motifs is 3. The van der Waals surface area contributed by atoms with Crippen molar-refractivity contribution in [2.45, 2.75) is 25.8 Å². The molecule has 1 amide bonds. The number of hydrogen-bond donors (Lipinski definition) is 1. The van der Waals surface area contributed by atoms with Crippen molar-refractivity contribution in [1.82, 2.24) is 19.9 Å². The van der Waals surface area contributed by atoms with E-state index >= 15 is 0 Å². The standard InChI is InChI=1S/C18H15ClN4O2/c19-14-5-2-1-4-11(14)8-21-18(25)13-10-22-23-15-6-3-7-16(24)12(15)9-20-17(13)23/h1-2,4-5,9-10H,3,6-8H2,(H,21,25). The van der Waals surface area contributed by atoms with Gasteiger partial charge in [-0.1, -0.05) is 29.8 Å². The lowest BCUT2D eigenvalue weighted by Crippen LogP contribution is -2.23. The number of Topliss-reactive ketones (excluding diaryl/α,β-unsaturated/α-hetero) is 1. The molecule has 1 aliphatic carbocycles. The minimum Gasteiger partial charge on any atom is -0.348 e. The van der Waals surface area contributed by atoms with Crippen molar-refractivity contribution in [2.75, 3.05) is 0 Å². The summed E-state index contributed by atoms with van der Waals surface area (Å²) < 4.78 is 1.61. The van der Waals surface area contributed by atoms with Crippen LogP contribution in [0.1, 0.15) is 44.8 Å². The number of ketones is 1. The lowest BCUT2D eigenvalue weighted by atomic mass is 9.96. The van der Waals surface area contributed by atoms with E-state index in [0.29, 0.717) is 34.8 Å². The number of hydrogen-bond acceptors (Lipinski definition) is 4. The van der Waals surface area contributed by atoms with Gasteiger partial charge in [-0.25, -0.2) is 9.50 Å². The SMILES string of the molecule is O=C1CCCc2c1cnc1c(C(=O)NCc3ccccc3Cl)cnn21. The Morgan fingerprint density at radius 3 is 2.92 bits per heavy atom. The van der Waals surface area contributed by atoms with E-state index in [9.17, 15) is 9.59 Å². The summed E-state index contributed by atoms with van der Waals surface area (Å²) in [6.07, 6.45) is 5.12. The first-order valence-electron chi connectivity index (χ1n) is 8.05. The third-order valence-corrected chi connectivity index (χ3v) is 4.75. The van der Waals surface area contributed by atoms with E-state index in [1.165, 1.54) is 6.20 Å². The Morgan fingerprint density at radius 1 is 1.24 bits per heavy atom. The highest BCUT2D eigenvalue weighted by atomic mass is 35.5. The van der Waals surface area contributed by atoms with E-state index in [4.69, 9.17) is 11.6 Å². The Kier molecular flexibility index (Phi) is 3.97. The number of rotatable bonds is 3. The number of halogens is 1. The zero-order valence-corrected chi connectivity index (χ0v) is 14.1. The molecule has 25 heavy (non-hydrogen) atoms. The molecule has 1 N–H and O–H groups in total. The van der Waals surface area contributed by atoms with Crippen molar-refractivity contribution in [3.8, 4) is 0 Å². The second-order valence-electron chi connectivity index (χ2n) is 5.96.